The summed E-state index contributed by atoms with van der Waals surface area (Å²) >= 11 is 2.90. The van der Waals surface area contributed by atoms with Crippen LogP contribution >= 0.6 is 23.1 Å². The number of nitrogens with one attached hydrogen (secondary N) is 1. The molecule has 1 aromatic carbocycles. The Kier molecular flexibility index (Phi) is 5.41. The van der Waals surface area contributed by atoms with Gasteiger partial charge in [0.2, 0.25) is 0 Å². The van der Waals surface area contributed by atoms with Gasteiger partial charge in [-0.2, -0.15) is 0 Å². The van der Waals surface area contributed by atoms with Crippen LogP contribution in [0.4, 0.5) is 0 Å². The number of benzene rings is 1. The number of fused-ring (bicyclic) bond motifs is 3. The number of hydrogen-bond acceptors (Lipinski definition) is 6. The zero-order chi connectivity index (χ0) is 21.4. The van der Waals surface area contributed by atoms with E-state index in [1.165, 1.54) is 16.6 Å². The highest BCUT2D eigenvalue weighted by molar-refractivity contribution is 7.99. The molecule has 0 bridgehead atoms. The number of aromatic amines is 1. The molecule has 1 N–H and O–H groups in total. The van der Waals surface area contributed by atoms with Crippen molar-refractivity contribution >= 4 is 39.1 Å². The van der Waals surface area contributed by atoms with E-state index in [-0.39, 0.29) is 17.1 Å². The van der Waals surface area contributed by atoms with Gasteiger partial charge in [0, 0.05) is 11.1 Å². The zero-order valence-corrected chi connectivity index (χ0v) is 18.6. The van der Waals surface area contributed by atoms with Crippen molar-refractivity contribution in [3.63, 3.8) is 0 Å². The lowest BCUT2D eigenvalue weighted by atomic mass is 10.2. The Morgan fingerprint density at radius 3 is 2.84 bits per heavy atom. The number of carbonyl (C=O) groups is 1. The molecule has 0 atom stereocenters. The lowest BCUT2D eigenvalue weighted by molar-refractivity contribution is 0.101. The molecule has 0 aliphatic heterocycles. The summed E-state index contributed by atoms with van der Waals surface area (Å²) in [5, 5.41) is 1.26. The molecule has 5 rings (SSSR count). The molecule has 0 saturated carbocycles. The fourth-order valence-corrected chi connectivity index (χ4v) is 6.12. The second kappa shape index (κ2) is 8.36. The van der Waals surface area contributed by atoms with Gasteiger partial charge < -0.3 is 9.72 Å². The highest BCUT2D eigenvalue weighted by Crippen LogP contribution is 2.36. The topological polar surface area (TPSA) is 77.0 Å². The fraction of sp³-hybridized carbons (Fsp3) is 0.261. The Morgan fingerprint density at radius 2 is 2.10 bits per heavy atom. The number of carbonyl (C=O) groups excluding carboxylic acids is 1. The predicted octanol–water partition coefficient (Wildman–Crippen LogP) is 4.64. The van der Waals surface area contributed by atoms with Crippen LogP contribution in [0.1, 0.15) is 34.3 Å². The smallest absolute Gasteiger partial charge is 0.267 e. The Labute approximate surface area is 187 Å². The van der Waals surface area contributed by atoms with Crippen LogP contribution < -0.4 is 10.3 Å². The van der Waals surface area contributed by atoms with Gasteiger partial charge in [0.1, 0.15) is 10.6 Å². The minimum atomic E-state index is -0.0663. The summed E-state index contributed by atoms with van der Waals surface area (Å²) in [7, 11) is 0. The SMILES string of the molecule is CCOc1ccc(-n2c(SCC(=O)c3ccc[nH]3)nc3sc4c(c3c2=O)CCC4)cc1. The van der Waals surface area contributed by atoms with E-state index in [1.807, 2.05) is 31.2 Å². The molecule has 4 aromatic rings. The molecule has 0 spiro atoms. The van der Waals surface area contributed by atoms with Crippen molar-refractivity contribution in [2.45, 2.75) is 31.3 Å². The molecule has 0 radical (unpaired) electrons. The fourth-order valence-electron chi connectivity index (χ4n) is 3.92. The van der Waals surface area contributed by atoms with Crippen molar-refractivity contribution in [1.29, 1.82) is 0 Å². The third-order valence-electron chi connectivity index (χ3n) is 5.34. The number of Topliss-reactive ketones (excluding diaryl/α,β-unsaturated/α-hetero) is 1. The molecule has 0 amide bonds. The summed E-state index contributed by atoms with van der Waals surface area (Å²) in [6.07, 6.45) is 4.74. The molecule has 158 valence electrons. The van der Waals surface area contributed by atoms with Crippen molar-refractivity contribution in [2.24, 2.45) is 0 Å². The van der Waals surface area contributed by atoms with Gasteiger partial charge in [-0.25, -0.2) is 4.98 Å². The number of hydrogen-bond donors (Lipinski definition) is 1. The molecular formula is C23H21N3O3S2. The van der Waals surface area contributed by atoms with Crippen LogP contribution in [0.2, 0.25) is 0 Å². The molecule has 31 heavy (non-hydrogen) atoms. The average Bonchev–Trinajstić information content (AvgIpc) is 3.50. The molecule has 0 fully saturated rings. The van der Waals surface area contributed by atoms with E-state index >= 15 is 0 Å². The van der Waals surface area contributed by atoms with Crippen molar-refractivity contribution < 1.29 is 9.53 Å². The maximum Gasteiger partial charge on any atom is 0.267 e. The highest BCUT2D eigenvalue weighted by Gasteiger charge is 2.24. The van der Waals surface area contributed by atoms with Gasteiger partial charge in [-0.05, 0) is 68.1 Å². The minimum absolute atomic E-state index is 0.0312. The third-order valence-corrected chi connectivity index (χ3v) is 7.47. The molecule has 6 nitrogen and oxygen atoms in total. The maximum absolute atomic E-state index is 13.6. The number of thioether (sulfide) groups is 1. The lowest BCUT2D eigenvalue weighted by Crippen LogP contribution is -2.22. The van der Waals surface area contributed by atoms with Gasteiger partial charge in [-0.1, -0.05) is 11.8 Å². The summed E-state index contributed by atoms with van der Waals surface area (Å²) in [6.45, 7) is 2.51. The first-order valence-electron chi connectivity index (χ1n) is 10.3. The lowest BCUT2D eigenvalue weighted by Gasteiger charge is -2.13. The van der Waals surface area contributed by atoms with E-state index in [1.54, 1.807) is 34.2 Å². The largest absolute Gasteiger partial charge is 0.494 e. The van der Waals surface area contributed by atoms with Gasteiger partial charge >= 0.3 is 0 Å². The quantitative estimate of drug-likeness (QED) is 0.252. The number of nitrogens with zero attached hydrogens (tertiary/aromatic N) is 2. The molecule has 3 aromatic heterocycles. The standard InChI is InChI=1S/C23H21N3O3S2/c1-2-29-15-10-8-14(9-11-15)26-22(28)20-16-5-3-7-19(16)31-21(20)25-23(26)30-13-18(27)17-6-4-12-24-17/h4,6,8-12,24H,2-3,5,7,13H2,1H3. The van der Waals surface area contributed by atoms with Crippen molar-refractivity contribution in [3.05, 3.63) is 69.1 Å². The van der Waals surface area contributed by atoms with E-state index in [2.05, 4.69) is 4.98 Å². The van der Waals surface area contributed by atoms with E-state index in [0.29, 0.717) is 17.5 Å². The van der Waals surface area contributed by atoms with Gasteiger partial charge in [0.25, 0.3) is 5.56 Å². The number of aryl methyl sites for hydroxylation is 2. The van der Waals surface area contributed by atoms with Crippen LogP contribution in [0.5, 0.6) is 5.75 Å². The number of aromatic nitrogens is 3. The molecular weight excluding hydrogens is 430 g/mol. The Balaban J connectivity index is 1.59. The first-order chi connectivity index (χ1) is 15.2. The van der Waals surface area contributed by atoms with Crippen LogP contribution in [0, 0.1) is 0 Å². The second-order valence-corrected chi connectivity index (χ2v) is 9.32. The van der Waals surface area contributed by atoms with Crippen molar-refractivity contribution in [3.8, 4) is 11.4 Å². The number of ketones is 1. The van der Waals surface area contributed by atoms with Crippen LogP contribution in [0.15, 0.2) is 52.5 Å². The summed E-state index contributed by atoms with van der Waals surface area (Å²) < 4.78 is 7.18. The molecule has 1 aliphatic rings. The minimum Gasteiger partial charge on any atom is -0.494 e. The van der Waals surface area contributed by atoms with E-state index in [0.717, 1.165) is 46.5 Å². The zero-order valence-electron chi connectivity index (χ0n) is 17.0. The second-order valence-electron chi connectivity index (χ2n) is 7.29. The summed E-state index contributed by atoms with van der Waals surface area (Å²) in [5.74, 6) is 0.915. The Bertz CT molecular complexity index is 1300. The van der Waals surface area contributed by atoms with Crippen LogP contribution in [-0.2, 0) is 12.8 Å². The van der Waals surface area contributed by atoms with E-state index < -0.39 is 0 Å². The molecule has 1 aliphatic carbocycles. The van der Waals surface area contributed by atoms with Gasteiger partial charge in [-0.15, -0.1) is 11.3 Å². The monoisotopic (exact) mass is 451 g/mol. The van der Waals surface area contributed by atoms with Gasteiger partial charge in [-0.3, -0.25) is 14.2 Å². The number of thiophene rings is 1. The molecule has 3 heterocycles. The first-order valence-corrected chi connectivity index (χ1v) is 12.1. The van der Waals surface area contributed by atoms with Crippen LogP contribution in [-0.4, -0.2) is 32.7 Å². The Hall–Kier alpha value is -2.84. The van der Waals surface area contributed by atoms with Crippen molar-refractivity contribution in [2.75, 3.05) is 12.4 Å². The third kappa shape index (κ3) is 3.70. The normalized spacial score (nSPS) is 12.9. The molecule has 0 unspecified atom stereocenters. The van der Waals surface area contributed by atoms with Gasteiger partial charge in [0.15, 0.2) is 10.9 Å². The maximum atomic E-state index is 13.6. The van der Waals surface area contributed by atoms with Crippen LogP contribution in [0.25, 0.3) is 15.9 Å². The Morgan fingerprint density at radius 1 is 1.26 bits per heavy atom. The number of ether oxygens (including phenoxy) is 1. The average molecular weight is 452 g/mol. The summed E-state index contributed by atoms with van der Waals surface area (Å²) in [6, 6.07) is 11.0. The van der Waals surface area contributed by atoms with Crippen molar-refractivity contribution in [1.82, 2.24) is 14.5 Å². The predicted molar refractivity (Wildman–Crippen MR) is 124 cm³/mol. The number of rotatable bonds is 7. The molecule has 0 saturated heterocycles. The van der Waals surface area contributed by atoms with Gasteiger partial charge in [0.05, 0.1) is 29.1 Å². The summed E-state index contributed by atoms with van der Waals surface area (Å²) in [5.41, 5.74) is 2.36. The highest BCUT2D eigenvalue weighted by atomic mass is 32.2. The van der Waals surface area contributed by atoms with E-state index in [9.17, 15) is 9.59 Å². The van der Waals surface area contributed by atoms with Crippen LogP contribution in [0.3, 0.4) is 0 Å². The van der Waals surface area contributed by atoms with E-state index in [4.69, 9.17) is 9.72 Å². The first kappa shape index (κ1) is 20.1. The molecule has 8 heteroatoms. The summed E-state index contributed by atoms with van der Waals surface area (Å²) in [4.78, 5) is 36.0. The number of H-pyrrole nitrogens is 1.